The van der Waals surface area contributed by atoms with Gasteiger partial charge in [0.05, 0.1) is 11.5 Å². The standard InChI is InChI=1S/C9H12N2/c1-7(2)5-9-6-10-11(4)8(9)3/h5-6H,1,3H2,2,4H3/b9-5-. The fraction of sp³-hybridized carbons (Fsp3) is 0.222. The van der Waals surface area contributed by atoms with Gasteiger partial charge in [0.2, 0.25) is 0 Å². The molecule has 0 unspecified atom stereocenters. The summed E-state index contributed by atoms with van der Waals surface area (Å²) < 4.78 is 1.74. The van der Waals surface area contributed by atoms with Crippen molar-refractivity contribution >= 4 is 12.7 Å². The fourth-order valence-corrected chi connectivity index (χ4v) is 0.866. The molecule has 0 saturated heterocycles. The van der Waals surface area contributed by atoms with Crippen LogP contribution in [-0.4, -0.2) is 9.78 Å². The molecule has 2 heteroatoms. The highest BCUT2D eigenvalue weighted by Crippen LogP contribution is 1.84. The molecule has 0 saturated carbocycles. The van der Waals surface area contributed by atoms with Gasteiger partial charge in [-0.2, -0.15) is 5.10 Å². The monoisotopic (exact) mass is 148 g/mol. The van der Waals surface area contributed by atoms with Crippen molar-refractivity contribution in [2.75, 3.05) is 0 Å². The summed E-state index contributed by atoms with van der Waals surface area (Å²) in [5.74, 6) is 0. The highest BCUT2D eigenvalue weighted by atomic mass is 15.2. The third-order valence-electron chi connectivity index (χ3n) is 1.50. The van der Waals surface area contributed by atoms with Crippen LogP contribution < -0.4 is 10.6 Å². The van der Waals surface area contributed by atoms with Crippen LogP contribution in [0, 0.1) is 0 Å². The van der Waals surface area contributed by atoms with Gasteiger partial charge in [-0.05, 0) is 13.0 Å². The molecule has 0 aliphatic heterocycles. The Balaban J connectivity index is 3.37. The molecule has 0 N–H and O–H groups in total. The van der Waals surface area contributed by atoms with Crippen LogP contribution in [0.5, 0.6) is 0 Å². The summed E-state index contributed by atoms with van der Waals surface area (Å²) in [4.78, 5) is 0. The van der Waals surface area contributed by atoms with E-state index in [9.17, 15) is 0 Å². The first-order valence-corrected chi connectivity index (χ1v) is 3.45. The predicted molar refractivity (Wildman–Crippen MR) is 47.3 cm³/mol. The maximum atomic E-state index is 4.05. The van der Waals surface area contributed by atoms with Gasteiger partial charge in [0.1, 0.15) is 0 Å². The van der Waals surface area contributed by atoms with Crippen molar-refractivity contribution in [3.63, 3.8) is 0 Å². The molecule has 11 heavy (non-hydrogen) atoms. The van der Waals surface area contributed by atoms with Crippen LogP contribution in [0.25, 0.3) is 12.7 Å². The Morgan fingerprint density at radius 1 is 1.73 bits per heavy atom. The maximum Gasteiger partial charge on any atom is 0.0607 e. The lowest BCUT2D eigenvalue weighted by molar-refractivity contribution is 0.744. The zero-order chi connectivity index (χ0) is 8.43. The lowest BCUT2D eigenvalue weighted by Crippen LogP contribution is -2.25. The number of allylic oxidation sites excluding steroid dienone is 1. The lowest BCUT2D eigenvalue weighted by Gasteiger charge is -1.84. The molecule has 0 fully saturated rings. The highest BCUT2D eigenvalue weighted by Gasteiger charge is 1.87. The maximum absolute atomic E-state index is 4.05. The van der Waals surface area contributed by atoms with Gasteiger partial charge in [0, 0.05) is 12.3 Å². The van der Waals surface area contributed by atoms with Crippen LogP contribution in [0.4, 0.5) is 0 Å². The Bertz CT molecular complexity index is 371. The molecule has 1 heterocycles. The van der Waals surface area contributed by atoms with E-state index in [1.165, 1.54) is 0 Å². The van der Waals surface area contributed by atoms with Gasteiger partial charge < -0.3 is 0 Å². The SMILES string of the molecule is C=C(C)/C=c1/cnn(C)c1=C. The van der Waals surface area contributed by atoms with Gasteiger partial charge in [-0.25, -0.2) is 0 Å². The Morgan fingerprint density at radius 2 is 2.36 bits per heavy atom. The second-order valence-corrected chi connectivity index (χ2v) is 2.66. The quantitative estimate of drug-likeness (QED) is 0.556. The summed E-state index contributed by atoms with van der Waals surface area (Å²) in [6, 6.07) is 0. The van der Waals surface area contributed by atoms with Crippen molar-refractivity contribution in [3.05, 3.63) is 28.9 Å². The molecule has 0 spiro atoms. The third kappa shape index (κ3) is 1.58. The Morgan fingerprint density at radius 3 is 2.73 bits per heavy atom. The van der Waals surface area contributed by atoms with Crippen molar-refractivity contribution in [2.24, 2.45) is 7.05 Å². The van der Waals surface area contributed by atoms with Crippen LogP contribution >= 0.6 is 0 Å². The van der Waals surface area contributed by atoms with Crippen molar-refractivity contribution in [1.82, 2.24) is 9.78 Å². The molecule has 0 aromatic carbocycles. The minimum atomic E-state index is 0.924. The summed E-state index contributed by atoms with van der Waals surface area (Å²) in [6.07, 6.45) is 3.76. The predicted octanol–water partition coefficient (Wildman–Crippen LogP) is 0.187. The van der Waals surface area contributed by atoms with Crippen molar-refractivity contribution in [2.45, 2.75) is 6.92 Å². The molecule has 58 valence electrons. The molecular formula is C9H12N2. The first-order chi connectivity index (χ1) is 5.11. The van der Waals surface area contributed by atoms with E-state index in [2.05, 4.69) is 18.3 Å². The number of nitrogens with zero attached hydrogens (tertiary/aromatic N) is 2. The average molecular weight is 148 g/mol. The van der Waals surface area contributed by atoms with Gasteiger partial charge >= 0.3 is 0 Å². The number of rotatable bonds is 1. The zero-order valence-electron chi connectivity index (χ0n) is 6.96. The van der Waals surface area contributed by atoms with Crippen LogP contribution in [0.3, 0.4) is 0 Å². The normalized spacial score (nSPS) is 12.0. The molecule has 1 aromatic heterocycles. The number of aryl methyl sites for hydroxylation is 1. The first-order valence-electron chi connectivity index (χ1n) is 3.45. The van der Waals surface area contributed by atoms with Gasteiger partial charge in [0.25, 0.3) is 0 Å². The largest absolute Gasteiger partial charge is 0.269 e. The van der Waals surface area contributed by atoms with E-state index in [4.69, 9.17) is 0 Å². The molecule has 0 radical (unpaired) electrons. The molecule has 0 amide bonds. The first kappa shape index (κ1) is 7.79. The summed E-state index contributed by atoms with van der Waals surface area (Å²) in [7, 11) is 1.87. The molecule has 2 nitrogen and oxygen atoms in total. The summed E-state index contributed by atoms with van der Waals surface area (Å²) in [5, 5.41) is 6.02. The van der Waals surface area contributed by atoms with Gasteiger partial charge in [-0.15, -0.1) is 0 Å². The van der Waals surface area contributed by atoms with E-state index < -0.39 is 0 Å². The van der Waals surface area contributed by atoms with Crippen LogP contribution in [0.15, 0.2) is 18.3 Å². The molecule has 1 aromatic rings. The molecule has 0 aliphatic rings. The Kier molecular flexibility index (Phi) is 1.94. The number of hydrogen-bond acceptors (Lipinski definition) is 1. The van der Waals surface area contributed by atoms with Crippen LogP contribution in [0.1, 0.15) is 6.92 Å². The van der Waals surface area contributed by atoms with E-state index in [0.29, 0.717) is 0 Å². The van der Waals surface area contributed by atoms with E-state index in [-0.39, 0.29) is 0 Å². The molecule has 0 aliphatic carbocycles. The zero-order valence-corrected chi connectivity index (χ0v) is 6.96. The highest BCUT2D eigenvalue weighted by molar-refractivity contribution is 5.42. The summed E-state index contributed by atoms with van der Waals surface area (Å²) >= 11 is 0. The van der Waals surface area contributed by atoms with Gasteiger partial charge in [-0.3, -0.25) is 4.68 Å². The van der Waals surface area contributed by atoms with E-state index in [0.717, 1.165) is 16.1 Å². The van der Waals surface area contributed by atoms with Crippen molar-refractivity contribution in [1.29, 1.82) is 0 Å². The minimum absolute atomic E-state index is 0.924. The van der Waals surface area contributed by atoms with Gasteiger partial charge in [0.15, 0.2) is 0 Å². The minimum Gasteiger partial charge on any atom is -0.269 e. The third-order valence-corrected chi connectivity index (χ3v) is 1.50. The second-order valence-electron chi connectivity index (χ2n) is 2.66. The van der Waals surface area contributed by atoms with Gasteiger partial charge in [-0.1, -0.05) is 18.7 Å². The van der Waals surface area contributed by atoms with Crippen LogP contribution in [0.2, 0.25) is 0 Å². The van der Waals surface area contributed by atoms with Crippen molar-refractivity contribution < 1.29 is 0 Å². The molecule has 0 bridgehead atoms. The van der Waals surface area contributed by atoms with E-state index in [1.54, 1.807) is 10.9 Å². The van der Waals surface area contributed by atoms with E-state index >= 15 is 0 Å². The van der Waals surface area contributed by atoms with Crippen molar-refractivity contribution in [3.8, 4) is 0 Å². The Hall–Kier alpha value is -1.31. The topological polar surface area (TPSA) is 17.8 Å². The number of hydrogen-bond donors (Lipinski definition) is 0. The lowest BCUT2D eigenvalue weighted by atomic mass is 10.3. The van der Waals surface area contributed by atoms with Crippen LogP contribution in [-0.2, 0) is 7.05 Å². The average Bonchev–Trinajstić information content (AvgIpc) is 2.18. The smallest absolute Gasteiger partial charge is 0.0607 e. The second kappa shape index (κ2) is 2.74. The van der Waals surface area contributed by atoms with E-state index in [1.807, 2.05) is 20.0 Å². The number of aromatic nitrogens is 2. The molecule has 1 rings (SSSR count). The summed E-state index contributed by atoms with van der Waals surface area (Å²) in [6.45, 7) is 9.59. The summed E-state index contributed by atoms with van der Waals surface area (Å²) in [5.41, 5.74) is 1.02. The Labute approximate surface area is 66.2 Å². The molecule has 0 atom stereocenters. The molecular weight excluding hydrogens is 136 g/mol. The fourth-order valence-electron chi connectivity index (χ4n) is 0.866.